The predicted molar refractivity (Wildman–Crippen MR) is 120 cm³/mol. The first-order valence-electron chi connectivity index (χ1n) is 10.4. The maximum atomic E-state index is 12.3. The Bertz CT molecular complexity index is 1080. The number of nitro groups is 1. The average Bonchev–Trinajstić information content (AvgIpc) is 3.07. The number of amides is 1. The van der Waals surface area contributed by atoms with E-state index < -0.39 is 4.92 Å². The molecular weight excluding hydrogens is 396 g/mol. The summed E-state index contributed by atoms with van der Waals surface area (Å²) in [6.07, 6.45) is 4.84. The van der Waals surface area contributed by atoms with E-state index in [4.69, 9.17) is 9.72 Å². The van der Waals surface area contributed by atoms with Crippen LogP contribution in [-0.2, 0) is 4.79 Å². The Hall–Kier alpha value is -3.68. The number of non-ortho nitro benzene ring substituents is 1. The van der Waals surface area contributed by atoms with Gasteiger partial charge in [-0.1, -0.05) is 25.0 Å². The van der Waals surface area contributed by atoms with Crippen LogP contribution in [0.25, 0.3) is 10.9 Å². The molecule has 1 amide bonds. The zero-order chi connectivity index (χ0) is 21.6. The van der Waals surface area contributed by atoms with Gasteiger partial charge in [0.25, 0.3) is 11.6 Å². The van der Waals surface area contributed by atoms with E-state index in [0.717, 1.165) is 29.8 Å². The van der Waals surface area contributed by atoms with Crippen LogP contribution in [0.15, 0.2) is 54.6 Å². The van der Waals surface area contributed by atoms with Gasteiger partial charge >= 0.3 is 0 Å². The molecule has 1 aromatic heterocycles. The Balaban J connectivity index is 1.45. The first kappa shape index (κ1) is 20.6. The van der Waals surface area contributed by atoms with Gasteiger partial charge in [0.15, 0.2) is 6.61 Å². The fourth-order valence-electron chi connectivity index (χ4n) is 3.71. The second-order valence-electron chi connectivity index (χ2n) is 7.54. The van der Waals surface area contributed by atoms with Crippen molar-refractivity contribution in [3.05, 3.63) is 64.7 Å². The van der Waals surface area contributed by atoms with E-state index in [1.807, 2.05) is 24.3 Å². The van der Waals surface area contributed by atoms with Crippen molar-refractivity contribution in [2.45, 2.75) is 25.7 Å². The number of rotatable bonds is 6. The fourth-order valence-corrected chi connectivity index (χ4v) is 3.71. The van der Waals surface area contributed by atoms with Crippen molar-refractivity contribution in [2.24, 2.45) is 0 Å². The highest BCUT2D eigenvalue weighted by atomic mass is 16.6. The lowest BCUT2D eigenvalue weighted by Gasteiger charge is -2.22. The highest BCUT2D eigenvalue weighted by Gasteiger charge is 2.14. The number of hydrogen-bond donors (Lipinski definition) is 1. The molecule has 0 radical (unpaired) electrons. The quantitative estimate of drug-likeness (QED) is 0.464. The predicted octanol–water partition coefficient (Wildman–Crippen LogP) is 4.54. The highest BCUT2D eigenvalue weighted by molar-refractivity contribution is 5.92. The van der Waals surface area contributed by atoms with E-state index >= 15 is 0 Å². The molecule has 3 aromatic rings. The molecule has 2 aromatic carbocycles. The van der Waals surface area contributed by atoms with Gasteiger partial charge in [0.1, 0.15) is 17.1 Å². The van der Waals surface area contributed by atoms with E-state index in [2.05, 4.69) is 10.2 Å². The molecule has 8 nitrogen and oxygen atoms in total. The van der Waals surface area contributed by atoms with E-state index in [-0.39, 0.29) is 18.2 Å². The van der Waals surface area contributed by atoms with Gasteiger partial charge in [-0.25, -0.2) is 4.98 Å². The molecule has 2 heterocycles. The number of fused-ring (bicyclic) bond motifs is 1. The van der Waals surface area contributed by atoms with Crippen molar-refractivity contribution in [3.8, 4) is 5.75 Å². The van der Waals surface area contributed by atoms with Crippen LogP contribution in [0, 0.1) is 10.1 Å². The standard InChI is InChI=1S/C23H24N4O4/c28-22(24-18-9-11-19(12-10-18)27(29)30)16-31-20-7-5-6-17-8-13-21(25-23(17)20)26-14-3-1-2-4-15-26/h5-13H,1-4,14-16H2,(H,24,28). The molecule has 0 bridgehead atoms. The third-order valence-electron chi connectivity index (χ3n) is 5.32. The molecule has 160 valence electrons. The van der Waals surface area contributed by atoms with Crippen LogP contribution in [-0.4, -0.2) is 35.5 Å². The molecule has 31 heavy (non-hydrogen) atoms. The highest BCUT2D eigenvalue weighted by Crippen LogP contribution is 2.27. The zero-order valence-electron chi connectivity index (χ0n) is 17.1. The minimum atomic E-state index is -0.484. The number of carbonyl (C=O) groups excluding carboxylic acids is 1. The summed E-state index contributed by atoms with van der Waals surface area (Å²) in [5.41, 5.74) is 1.17. The second-order valence-corrected chi connectivity index (χ2v) is 7.54. The molecular formula is C23H24N4O4. The molecule has 0 unspecified atom stereocenters. The van der Waals surface area contributed by atoms with Crippen molar-refractivity contribution < 1.29 is 14.5 Å². The van der Waals surface area contributed by atoms with Gasteiger partial charge in [-0.2, -0.15) is 0 Å². The second kappa shape index (κ2) is 9.42. The molecule has 4 rings (SSSR count). The SMILES string of the molecule is O=C(COc1cccc2ccc(N3CCCCCC3)nc12)Nc1ccc([N+](=O)[O-])cc1. The van der Waals surface area contributed by atoms with Gasteiger partial charge in [0.05, 0.1) is 4.92 Å². The van der Waals surface area contributed by atoms with Crippen LogP contribution in [0.5, 0.6) is 5.75 Å². The van der Waals surface area contributed by atoms with E-state index in [0.29, 0.717) is 11.4 Å². The summed E-state index contributed by atoms with van der Waals surface area (Å²) in [4.78, 5) is 29.7. The summed E-state index contributed by atoms with van der Waals surface area (Å²) in [6, 6.07) is 15.4. The number of para-hydroxylation sites is 1. The Morgan fingerprint density at radius 1 is 1.03 bits per heavy atom. The number of nitro benzene ring substituents is 1. The third kappa shape index (κ3) is 5.09. The van der Waals surface area contributed by atoms with E-state index in [9.17, 15) is 14.9 Å². The topological polar surface area (TPSA) is 97.6 Å². The summed E-state index contributed by atoms with van der Waals surface area (Å²) >= 11 is 0. The average molecular weight is 420 g/mol. The lowest BCUT2D eigenvalue weighted by molar-refractivity contribution is -0.384. The fraction of sp³-hybridized carbons (Fsp3) is 0.304. The molecule has 0 atom stereocenters. The zero-order valence-corrected chi connectivity index (χ0v) is 17.1. The van der Waals surface area contributed by atoms with Crippen molar-refractivity contribution in [3.63, 3.8) is 0 Å². The molecule has 1 aliphatic heterocycles. The van der Waals surface area contributed by atoms with Crippen LogP contribution in [0.1, 0.15) is 25.7 Å². The molecule has 0 aliphatic carbocycles. The maximum absolute atomic E-state index is 12.3. The molecule has 8 heteroatoms. The van der Waals surface area contributed by atoms with Crippen LogP contribution < -0.4 is 15.0 Å². The number of hydrogen-bond acceptors (Lipinski definition) is 6. The monoisotopic (exact) mass is 420 g/mol. The minimum absolute atomic E-state index is 0.0312. The van der Waals surface area contributed by atoms with Gasteiger partial charge in [-0.3, -0.25) is 14.9 Å². The Morgan fingerprint density at radius 2 is 1.77 bits per heavy atom. The van der Waals surface area contributed by atoms with Gasteiger partial charge in [-0.15, -0.1) is 0 Å². The van der Waals surface area contributed by atoms with Crippen molar-refractivity contribution in [1.82, 2.24) is 4.98 Å². The van der Waals surface area contributed by atoms with Crippen molar-refractivity contribution >= 4 is 34.0 Å². The van der Waals surface area contributed by atoms with E-state index in [1.54, 1.807) is 6.07 Å². The number of nitrogens with zero attached hydrogens (tertiary/aromatic N) is 3. The van der Waals surface area contributed by atoms with Gasteiger partial charge < -0.3 is 15.0 Å². The third-order valence-corrected chi connectivity index (χ3v) is 5.32. The number of nitrogens with one attached hydrogen (secondary N) is 1. The largest absolute Gasteiger partial charge is 0.481 e. The normalized spacial score (nSPS) is 14.1. The van der Waals surface area contributed by atoms with Crippen LogP contribution >= 0.6 is 0 Å². The molecule has 1 saturated heterocycles. The molecule has 1 fully saturated rings. The van der Waals surface area contributed by atoms with Crippen LogP contribution in [0.3, 0.4) is 0 Å². The van der Waals surface area contributed by atoms with Crippen molar-refractivity contribution in [2.75, 3.05) is 29.9 Å². The van der Waals surface area contributed by atoms with Gasteiger partial charge in [-0.05, 0) is 43.2 Å². The summed E-state index contributed by atoms with van der Waals surface area (Å²) in [5, 5.41) is 14.4. The molecule has 1 N–H and O–H groups in total. The number of benzene rings is 2. The van der Waals surface area contributed by atoms with E-state index in [1.165, 1.54) is 49.9 Å². The summed E-state index contributed by atoms with van der Waals surface area (Å²) in [5.74, 6) is 1.13. The Morgan fingerprint density at radius 3 is 2.48 bits per heavy atom. The van der Waals surface area contributed by atoms with Crippen molar-refractivity contribution in [1.29, 1.82) is 0 Å². The van der Waals surface area contributed by atoms with Crippen LogP contribution in [0.4, 0.5) is 17.2 Å². The number of aromatic nitrogens is 1. The number of carbonyl (C=O) groups is 1. The molecule has 0 saturated carbocycles. The maximum Gasteiger partial charge on any atom is 0.269 e. The lowest BCUT2D eigenvalue weighted by atomic mass is 10.2. The Labute approximate surface area is 180 Å². The smallest absolute Gasteiger partial charge is 0.269 e. The van der Waals surface area contributed by atoms with Gasteiger partial charge in [0, 0.05) is 36.3 Å². The number of ether oxygens (including phenoxy) is 1. The first-order chi connectivity index (χ1) is 15.1. The van der Waals surface area contributed by atoms with Gasteiger partial charge in [0.2, 0.25) is 0 Å². The number of pyridine rings is 1. The summed E-state index contributed by atoms with van der Waals surface area (Å²) in [6.45, 7) is 1.81. The molecule has 0 spiro atoms. The molecule has 1 aliphatic rings. The van der Waals surface area contributed by atoms with Crippen LogP contribution in [0.2, 0.25) is 0 Å². The lowest BCUT2D eigenvalue weighted by Crippen LogP contribution is -2.24. The summed E-state index contributed by atoms with van der Waals surface area (Å²) < 4.78 is 5.78. The first-order valence-corrected chi connectivity index (χ1v) is 10.4. The summed E-state index contributed by atoms with van der Waals surface area (Å²) in [7, 11) is 0. The Kier molecular flexibility index (Phi) is 6.26. The number of anilines is 2. The minimum Gasteiger partial charge on any atom is -0.481 e.